The molecule has 1 heterocycles. The van der Waals surface area contributed by atoms with Gasteiger partial charge in [-0.2, -0.15) is 0 Å². The van der Waals surface area contributed by atoms with Crippen molar-refractivity contribution in [3.8, 4) is 28.5 Å². The van der Waals surface area contributed by atoms with Crippen molar-refractivity contribution in [1.82, 2.24) is 4.98 Å². The van der Waals surface area contributed by atoms with E-state index < -0.39 is 0 Å². The molecule has 1 aromatic carbocycles. The minimum Gasteiger partial charge on any atom is -0.493 e. The number of nitrogens with zero attached hydrogens (tertiary/aromatic N) is 1. The van der Waals surface area contributed by atoms with E-state index in [1.54, 1.807) is 21.3 Å². The van der Waals surface area contributed by atoms with Crippen molar-refractivity contribution in [2.75, 3.05) is 21.3 Å². The van der Waals surface area contributed by atoms with Gasteiger partial charge in [-0.25, -0.2) is 0 Å². The summed E-state index contributed by atoms with van der Waals surface area (Å²) in [6.07, 6.45) is 2.79. The molecule has 2 aromatic rings. The van der Waals surface area contributed by atoms with Crippen molar-refractivity contribution in [1.29, 1.82) is 0 Å². The molecule has 0 saturated heterocycles. The summed E-state index contributed by atoms with van der Waals surface area (Å²) < 4.78 is 16.1. The molecule has 0 unspecified atom stereocenters. The highest BCUT2D eigenvalue weighted by Crippen LogP contribution is 2.40. The highest BCUT2D eigenvalue weighted by Gasteiger charge is 2.14. The topological polar surface area (TPSA) is 40.6 Å². The van der Waals surface area contributed by atoms with Crippen LogP contribution >= 0.6 is 0 Å². The van der Waals surface area contributed by atoms with Crippen molar-refractivity contribution in [3.63, 3.8) is 0 Å². The number of hydrogen-bond donors (Lipinski definition) is 0. The van der Waals surface area contributed by atoms with Crippen molar-refractivity contribution >= 4 is 0 Å². The van der Waals surface area contributed by atoms with Crippen LogP contribution in [0.4, 0.5) is 0 Å². The van der Waals surface area contributed by atoms with Crippen LogP contribution in [0.25, 0.3) is 11.3 Å². The average molecular weight is 273 g/mol. The molecule has 0 amide bonds. The van der Waals surface area contributed by atoms with Gasteiger partial charge in [0, 0.05) is 11.8 Å². The Labute approximate surface area is 119 Å². The maximum absolute atomic E-state index is 5.36. The lowest BCUT2D eigenvalue weighted by Gasteiger charge is -2.14. The Morgan fingerprint density at radius 1 is 0.950 bits per heavy atom. The predicted octanol–water partition coefficient (Wildman–Crippen LogP) is 3.34. The first-order valence-electron chi connectivity index (χ1n) is 6.48. The zero-order chi connectivity index (χ0) is 14.5. The second-order valence-corrected chi connectivity index (χ2v) is 4.32. The van der Waals surface area contributed by atoms with Crippen molar-refractivity contribution in [3.05, 3.63) is 36.0 Å². The van der Waals surface area contributed by atoms with Gasteiger partial charge in [0.05, 0.1) is 27.0 Å². The molecule has 106 valence electrons. The third-order valence-electron chi connectivity index (χ3n) is 3.19. The van der Waals surface area contributed by atoms with Gasteiger partial charge in [0.25, 0.3) is 0 Å². The summed E-state index contributed by atoms with van der Waals surface area (Å²) in [6.45, 7) is 2.12. The number of benzene rings is 1. The summed E-state index contributed by atoms with van der Waals surface area (Å²) in [5, 5.41) is 0. The maximum Gasteiger partial charge on any atom is 0.203 e. The van der Waals surface area contributed by atoms with Gasteiger partial charge < -0.3 is 14.2 Å². The highest BCUT2D eigenvalue weighted by atomic mass is 16.5. The van der Waals surface area contributed by atoms with E-state index >= 15 is 0 Å². The van der Waals surface area contributed by atoms with Crippen LogP contribution in [0.3, 0.4) is 0 Å². The second-order valence-electron chi connectivity index (χ2n) is 4.32. The van der Waals surface area contributed by atoms with Crippen LogP contribution in [0.15, 0.2) is 30.5 Å². The molecule has 0 bridgehead atoms. The molecule has 0 radical (unpaired) electrons. The molecule has 2 rings (SSSR count). The molecule has 0 fully saturated rings. The number of rotatable bonds is 5. The van der Waals surface area contributed by atoms with Gasteiger partial charge in [0.1, 0.15) is 0 Å². The fourth-order valence-electron chi connectivity index (χ4n) is 2.08. The molecular weight excluding hydrogens is 254 g/mol. The average Bonchev–Trinajstić information content (AvgIpc) is 2.53. The van der Waals surface area contributed by atoms with Gasteiger partial charge in [0.15, 0.2) is 11.5 Å². The molecule has 0 aliphatic carbocycles. The normalized spacial score (nSPS) is 10.2. The monoisotopic (exact) mass is 273 g/mol. The zero-order valence-corrected chi connectivity index (χ0v) is 12.3. The molecule has 0 aliphatic rings. The number of pyridine rings is 1. The Balaban J connectivity index is 2.56. The van der Waals surface area contributed by atoms with Crippen LogP contribution in [0.5, 0.6) is 17.2 Å². The number of ether oxygens (including phenoxy) is 3. The molecule has 0 saturated carbocycles. The summed E-state index contributed by atoms with van der Waals surface area (Å²) in [5.74, 6) is 1.85. The Hall–Kier alpha value is -2.23. The lowest BCUT2D eigenvalue weighted by atomic mass is 10.1. The SMILES string of the molecule is CCc1ccnc(-c2cc(OC)c(OC)c(OC)c2)c1. The highest BCUT2D eigenvalue weighted by molar-refractivity contribution is 5.69. The lowest BCUT2D eigenvalue weighted by molar-refractivity contribution is 0.324. The molecule has 1 aromatic heterocycles. The standard InChI is InChI=1S/C16H19NO3/c1-5-11-6-7-17-13(8-11)12-9-14(18-2)16(20-4)15(10-12)19-3/h6-10H,5H2,1-4H3. The van der Waals surface area contributed by atoms with Gasteiger partial charge >= 0.3 is 0 Å². The number of aryl methyl sites for hydroxylation is 1. The van der Waals surface area contributed by atoms with Gasteiger partial charge in [-0.1, -0.05) is 6.92 Å². The van der Waals surface area contributed by atoms with E-state index in [9.17, 15) is 0 Å². The fraction of sp³-hybridized carbons (Fsp3) is 0.312. The third-order valence-corrected chi connectivity index (χ3v) is 3.19. The lowest BCUT2D eigenvalue weighted by Crippen LogP contribution is -1.96. The first kappa shape index (κ1) is 14.2. The zero-order valence-electron chi connectivity index (χ0n) is 12.3. The van der Waals surface area contributed by atoms with Gasteiger partial charge in [0.2, 0.25) is 5.75 Å². The first-order chi connectivity index (χ1) is 9.73. The van der Waals surface area contributed by atoms with Crippen LogP contribution in [-0.4, -0.2) is 26.3 Å². The van der Waals surface area contributed by atoms with Gasteiger partial charge in [-0.3, -0.25) is 4.98 Å². The molecule has 4 heteroatoms. The molecule has 0 atom stereocenters. The Morgan fingerprint density at radius 3 is 2.10 bits per heavy atom. The largest absolute Gasteiger partial charge is 0.493 e. The van der Waals surface area contributed by atoms with E-state index in [-0.39, 0.29) is 0 Å². The van der Waals surface area contributed by atoms with Crippen LogP contribution in [0, 0.1) is 0 Å². The molecular formula is C16H19NO3. The Morgan fingerprint density at radius 2 is 1.60 bits per heavy atom. The number of methoxy groups -OCH3 is 3. The van der Waals surface area contributed by atoms with Crippen molar-refractivity contribution in [2.24, 2.45) is 0 Å². The Kier molecular flexibility index (Phi) is 4.45. The van der Waals surface area contributed by atoms with Crippen LogP contribution in [-0.2, 0) is 6.42 Å². The quantitative estimate of drug-likeness (QED) is 0.837. The minimum absolute atomic E-state index is 0.588. The maximum atomic E-state index is 5.36. The molecule has 0 N–H and O–H groups in total. The van der Waals surface area contributed by atoms with Gasteiger partial charge in [-0.05, 0) is 36.2 Å². The summed E-state index contributed by atoms with van der Waals surface area (Å²) in [4.78, 5) is 4.41. The number of aromatic nitrogens is 1. The second kappa shape index (κ2) is 6.28. The van der Waals surface area contributed by atoms with E-state index in [0.29, 0.717) is 17.2 Å². The first-order valence-corrected chi connectivity index (χ1v) is 6.48. The molecule has 20 heavy (non-hydrogen) atoms. The van der Waals surface area contributed by atoms with E-state index in [4.69, 9.17) is 14.2 Å². The van der Waals surface area contributed by atoms with Crippen molar-refractivity contribution < 1.29 is 14.2 Å². The van der Waals surface area contributed by atoms with Crippen LogP contribution < -0.4 is 14.2 Å². The minimum atomic E-state index is 0.588. The third kappa shape index (κ3) is 2.69. The number of hydrogen-bond acceptors (Lipinski definition) is 4. The molecule has 0 aliphatic heterocycles. The van der Waals surface area contributed by atoms with Crippen LogP contribution in [0.2, 0.25) is 0 Å². The molecule has 4 nitrogen and oxygen atoms in total. The Bertz CT molecular complexity index is 571. The summed E-state index contributed by atoms with van der Waals surface area (Å²) in [7, 11) is 4.81. The fourth-order valence-corrected chi connectivity index (χ4v) is 2.08. The van der Waals surface area contributed by atoms with Crippen LogP contribution in [0.1, 0.15) is 12.5 Å². The van der Waals surface area contributed by atoms with E-state index in [1.807, 2.05) is 24.4 Å². The smallest absolute Gasteiger partial charge is 0.203 e. The van der Waals surface area contributed by atoms with E-state index in [0.717, 1.165) is 17.7 Å². The summed E-state index contributed by atoms with van der Waals surface area (Å²) in [6, 6.07) is 7.90. The van der Waals surface area contributed by atoms with E-state index in [1.165, 1.54) is 5.56 Å². The van der Waals surface area contributed by atoms with Gasteiger partial charge in [-0.15, -0.1) is 0 Å². The predicted molar refractivity (Wildman–Crippen MR) is 78.7 cm³/mol. The van der Waals surface area contributed by atoms with E-state index in [2.05, 4.69) is 18.0 Å². The summed E-state index contributed by atoms with van der Waals surface area (Å²) in [5.41, 5.74) is 3.07. The van der Waals surface area contributed by atoms with Crippen molar-refractivity contribution in [2.45, 2.75) is 13.3 Å². The molecule has 0 spiro atoms. The summed E-state index contributed by atoms with van der Waals surface area (Å²) >= 11 is 0.